The lowest BCUT2D eigenvalue weighted by Crippen LogP contribution is -2.19. The highest BCUT2D eigenvalue weighted by Gasteiger charge is 2.23. The van der Waals surface area contributed by atoms with Crippen molar-refractivity contribution in [2.75, 3.05) is 25.5 Å². The fraction of sp³-hybridized carbons (Fsp3) is 0.286. The number of aliphatic imine (C=N–C) groups is 1. The van der Waals surface area contributed by atoms with Crippen LogP contribution in [0.5, 0.6) is 0 Å². The normalized spacial score (nSPS) is 19.0. The summed E-state index contributed by atoms with van der Waals surface area (Å²) in [5.74, 6) is -0.0751. The Morgan fingerprint density at radius 3 is 2.58 bits per heavy atom. The van der Waals surface area contributed by atoms with Gasteiger partial charge in [0.25, 0.3) is 5.91 Å². The van der Waals surface area contributed by atoms with Gasteiger partial charge in [-0.2, -0.15) is 0 Å². The molecule has 1 aliphatic rings. The van der Waals surface area contributed by atoms with Gasteiger partial charge in [-0.1, -0.05) is 12.1 Å². The number of amides is 1. The monoisotopic (exact) mass is 275 g/mol. The van der Waals surface area contributed by atoms with E-state index in [4.69, 9.17) is 0 Å². The third-order valence-electron chi connectivity index (χ3n) is 2.66. The maximum atomic E-state index is 11.7. The Morgan fingerprint density at radius 2 is 2.00 bits per heavy atom. The number of carbonyl (C=O) groups excluding carboxylic acids is 1. The van der Waals surface area contributed by atoms with Crippen LogP contribution in [0.15, 0.2) is 34.2 Å². The lowest BCUT2D eigenvalue weighted by atomic mass is 10.2. The van der Waals surface area contributed by atoms with Gasteiger partial charge in [-0.15, -0.1) is 0 Å². The second-order valence-corrected chi connectivity index (χ2v) is 5.36. The van der Waals surface area contributed by atoms with E-state index in [0.717, 1.165) is 11.3 Å². The Balaban J connectivity index is 2.17. The predicted octanol–water partition coefficient (Wildman–Crippen LogP) is 2.33. The van der Waals surface area contributed by atoms with Crippen molar-refractivity contribution in [1.82, 2.24) is 5.32 Å². The molecule has 1 aromatic carbocycles. The van der Waals surface area contributed by atoms with Crippen LogP contribution in [0, 0.1) is 0 Å². The van der Waals surface area contributed by atoms with Crippen LogP contribution >= 0.6 is 11.8 Å². The second-order valence-electron chi connectivity index (χ2n) is 4.33. The van der Waals surface area contributed by atoms with Gasteiger partial charge in [0.1, 0.15) is 0 Å². The standard InChI is InChI=1S/C14H17N3OS/c1-4-15-14-16-13(18)12(19-14)9-10-5-7-11(8-6-10)17(2)3/h5-9H,4H2,1-3H3,(H,15,16,18)/b12-9-. The zero-order valence-electron chi connectivity index (χ0n) is 11.3. The molecule has 1 N–H and O–H groups in total. The predicted molar refractivity (Wildman–Crippen MR) is 82.5 cm³/mol. The first kappa shape index (κ1) is 13.7. The summed E-state index contributed by atoms with van der Waals surface area (Å²) in [5, 5.41) is 3.44. The van der Waals surface area contributed by atoms with Crippen LogP contribution in [0.3, 0.4) is 0 Å². The summed E-state index contributed by atoms with van der Waals surface area (Å²) in [4.78, 5) is 18.7. The average Bonchev–Trinajstić information content (AvgIpc) is 2.71. The summed E-state index contributed by atoms with van der Waals surface area (Å²) in [5.41, 5.74) is 2.15. The summed E-state index contributed by atoms with van der Waals surface area (Å²) < 4.78 is 0. The number of amidine groups is 1. The van der Waals surface area contributed by atoms with Crippen molar-refractivity contribution in [3.05, 3.63) is 34.7 Å². The van der Waals surface area contributed by atoms with Crippen LogP contribution in [0.25, 0.3) is 6.08 Å². The van der Waals surface area contributed by atoms with Gasteiger partial charge in [-0.3, -0.25) is 9.79 Å². The SMILES string of the molecule is CCN=C1NC(=O)/C(=C/c2ccc(N(C)C)cc2)S1. The molecule has 100 valence electrons. The zero-order valence-corrected chi connectivity index (χ0v) is 12.1. The number of rotatable bonds is 3. The van der Waals surface area contributed by atoms with Crippen molar-refractivity contribution < 1.29 is 4.79 Å². The van der Waals surface area contributed by atoms with Gasteiger partial charge in [-0.25, -0.2) is 0 Å². The molecule has 2 rings (SSSR count). The molecule has 1 aliphatic heterocycles. The molecule has 0 bridgehead atoms. The van der Waals surface area contributed by atoms with Crippen molar-refractivity contribution in [1.29, 1.82) is 0 Å². The van der Waals surface area contributed by atoms with E-state index in [1.165, 1.54) is 11.8 Å². The van der Waals surface area contributed by atoms with Crippen molar-refractivity contribution in [2.24, 2.45) is 4.99 Å². The van der Waals surface area contributed by atoms with Gasteiger partial charge in [0.05, 0.1) is 4.91 Å². The number of anilines is 1. The molecule has 0 atom stereocenters. The Hall–Kier alpha value is -1.75. The first-order chi connectivity index (χ1) is 9.10. The topological polar surface area (TPSA) is 44.7 Å². The Morgan fingerprint density at radius 1 is 1.32 bits per heavy atom. The maximum absolute atomic E-state index is 11.7. The highest BCUT2D eigenvalue weighted by molar-refractivity contribution is 8.18. The second kappa shape index (κ2) is 5.93. The minimum atomic E-state index is -0.0751. The van der Waals surface area contributed by atoms with Crippen LogP contribution in [-0.4, -0.2) is 31.7 Å². The summed E-state index contributed by atoms with van der Waals surface area (Å²) in [6.07, 6.45) is 1.89. The first-order valence-corrected chi connectivity index (χ1v) is 6.94. The van der Waals surface area contributed by atoms with Gasteiger partial charge >= 0.3 is 0 Å². The van der Waals surface area contributed by atoms with E-state index in [0.29, 0.717) is 16.6 Å². The van der Waals surface area contributed by atoms with Crippen LogP contribution in [0.4, 0.5) is 5.69 Å². The molecule has 1 amide bonds. The number of carbonyl (C=O) groups is 1. The highest BCUT2D eigenvalue weighted by Crippen LogP contribution is 2.26. The summed E-state index contributed by atoms with van der Waals surface area (Å²) >= 11 is 1.39. The Kier molecular flexibility index (Phi) is 4.27. The first-order valence-electron chi connectivity index (χ1n) is 6.13. The van der Waals surface area contributed by atoms with E-state index in [1.54, 1.807) is 0 Å². The zero-order chi connectivity index (χ0) is 13.8. The molecule has 0 unspecified atom stereocenters. The van der Waals surface area contributed by atoms with Crippen molar-refractivity contribution in [3.8, 4) is 0 Å². The molecule has 19 heavy (non-hydrogen) atoms. The lowest BCUT2D eigenvalue weighted by molar-refractivity contribution is -0.115. The number of hydrogen-bond donors (Lipinski definition) is 1. The molecule has 1 aromatic rings. The van der Waals surface area contributed by atoms with Gasteiger partial charge in [0.15, 0.2) is 5.17 Å². The molecule has 1 saturated heterocycles. The molecule has 4 nitrogen and oxygen atoms in total. The number of benzene rings is 1. The van der Waals surface area contributed by atoms with Gasteiger partial charge in [-0.05, 0) is 42.5 Å². The number of hydrogen-bond acceptors (Lipinski definition) is 4. The van der Waals surface area contributed by atoms with E-state index >= 15 is 0 Å². The molecule has 0 saturated carbocycles. The molecule has 1 fully saturated rings. The van der Waals surface area contributed by atoms with Crippen LogP contribution in [0.2, 0.25) is 0 Å². The largest absolute Gasteiger partial charge is 0.378 e. The summed E-state index contributed by atoms with van der Waals surface area (Å²) in [6, 6.07) is 8.08. The van der Waals surface area contributed by atoms with Crippen molar-refractivity contribution in [3.63, 3.8) is 0 Å². The fourth-order valence-electron chi connectivity index (χ4n) is 1.67. The Bertz CT molecular complexity index is 532. The van der Waals surface area contributed by atoms with E-state index in [2.05, 4.69) is 10.3 Å². The Labute approximate surface area is 117 Å². The molecule has 0 radical (unpaired) electrons. The summed E-state index contributed by atoms with van der Waals surface area (Å²) in [6.45, 7) is 2.62. The molecular weight excluding hydrogens is 258 g/mol. The molecule has 0 aliphatic carbocycles. The number of thioether (sulfide) groups is 1. The van der Waals surface area contributed by atoms with E-state index < -0.39 is 0 Å². The molecular formula is C14H17N3OS. The molecule has 0 spiro atoms. The quantitative estimate of drug-likeness (QED) is 0.861. The van der Waals surface area contributed by atoms with Crippen LogP contribution in [0.1, 0.15) is 12.5 Å². The van der Waals surface area contributed by atoms with Gasteiger partial charge < -0.3 is 10.2 Å². The van der Waals surface area contributed by atoms with Crippen molar-refractivity contribution >= 4 is 34.6 Å². The van der Waals surface area contributed by atoms with Crippen LogP contribution in [-0.2, 0) is 4.79 Å². The van der Waals surface area contributed by atoms with E-state index in [1.807, 2.05) is 56.3 Å². The summed E-state index contributed by atoms with van der Waals surface area (Å²) in [7, 11) is 4.00. The number of nitrogens with zero attached hydrogens (tertiary/aromatic N) is 2. The van der Waals surface area contributed by atoms with Crippen LogP contribution < -0.4 is 10.2 Å². The molecule has 0 aromatic heterocycles. The van der Waals surface area contributed by atoms with Gasteiger partial charge in [0, 0.05) is 26.3 Å². The smallest absolute Gasteiger partial charge is 0.264 e. The lowest BCUT2D eigenvalue weighted by Gasteiger charge is -2.11. The average molecular weight is 275 g/mol. The minimum Gasteiger partial charge on any atom is -0.378 e. The third kappa shape index (κ3) is 3.38. The minimum absolute atomic E-state index is 0.0751. The van der Waals surface area contributed by atoms with E-state index in [-0.39, 0.29) is 5.91 Å². The third-order valence-corrected chi connectivity index (χ3v) is 3.61. The fourth-order valence-corrected chi connectivity index (χ4v) is 2.55. The highest BCUT2D eigenvalue weighted by atomic mass is 32.2. The maximum Gasteiger partial charge on any atom is 0.264 e. The number of nitrogens with one attached hydrogen (secondary N) is 1. The van der Waals surface area contributed by atoms with Crippen molar-refractivity contribution in [2.45, 2.75) is 6.92 Å². The van der Waals surface area contributed by atoms with Gasteiger partial charge in [0.2, 0.25) is 0 Å². The van der Waals surface area contributed by atoms with E-state index in [9.17, 15) is 4.79 Å². The molecule has 5 heteroatoms. The molecule has 1 heterocycles.